The third-order valence-electron chi connectivity index (χ3n) is 4.29. The van der Waals surface area contributed by atoms with Gasteiger partial charge >= 0.3 is 0 Å². The van der Waals surface area contributed by atoms with Gasteiger partial charge in [0, 0.05) is 17.0 Å². The van der Waals surface area contributed by atoms with Crippen LogP contribution in [0.4, 0.5) is 5.95 Å². The number of halogens is 1. The lowest BCUT2D eigenvalue weighted by Gasteiger charge is -2.07. The molecule has 0 radical (unpaired) electrons. The standard InChI is InChI=1S/C20H16ClN5O3/c1-28-13-5-6-14(16(10-13)29-2)18-23-20(26-25-18)24-19(27)12-3-7-15-11(9-12)4-8-17(21)22-15/h3-10H,1-2H3,(H2,23,24,25,26,27). The van der Waals surface area contributed by atoms with Crippen LogP contribution in [0.3, 0.4) is 0 Å². The molecular weight excluding hydrogens is 394 g/mol. The van der Waals surface area contributed by atoms with Crippen molar-refractivity contribution in [3.63, 3.8) is 0 Å². The molecule has 146 valence electrons. The van der Waals surface area contributed by atoms with Crippen molar-refractivity contribution in [3.05, 3.63) is 59.2 Å². The lowest BCUT2D eigenvalue weighted by atomic mass is 10.1. The van der Waals surface area contributed by atoms with Gasteiger partial charge in [0.15, 0.2) is 5.82 Å². The maximum Gasteiger partial charge on any atom is 0.258 e. The van der Waals surface area contributed by atoms with Crippen molar-refractivity contribution in [3.8, 4) is 22.9 Å². The highest BCUT2D eigenvalue weighted by Gasteiger charge is 2.15. The number of benzene rings is 2. The van der Waals surface area contributed by atoms with Crippen molar-refractivity contribution >= 4 is 34.4 Å². The number of hydrogen-bond donors (Lipinski definition) is 2. The number of methoxy groups -OCH3 is 2. The summed E-state index contributed by atoms with van der Waals surface area (Å²) in [6.07, 6.45) is 0. The highest BCUT2D eigenvalue weighted by atomic mass is 35.5. The average Bonchev–Trinajstić information content (AvgIpc) is 3.20. The summed E-state index contributed by atoms with van der Waals surface area (Å²) in [6.45, 7) is 0. The molecule has 0 saturated carbocycles. The summed E-state index contributed by atoms with van der Waals surface area (Å²) in [4.78, 5) is 21.1. The molecule has 9 heteroatoms. The van der Waals surface area contributed by atoms with Crippen molar-refractivity contribution in [2.45, 2.75) is 0 Å². The first-order valence-electron chi connectivity index (χ1n) is 8.60. The van der Waals surface area contributed by atoms with E-state index in [4.69, 9.17) is 21.1 Å². The van der Waals surface area contributed by atoms with Crippen LogP contribution in [0.25, 0.3) is 22.3 Å². The average molecular weight is 410 g/mol. The number of amides is 1. The zero-order valence-corrected chi connectivity index (χ0v) is 16.3. The number of nitrogens with zero attached hydrogens (tertiary/aromatic N) is 3. The molecule has 2 aromatic carbocycles. The van der Waals surface area contributed by atoms with Crippen LogP contribution in [0.1, 0.15) is 10.4 Å². The highest BCUT2D eigenvalue weighted by Crippen LogP contribution is 2.31. The zero-order valence-electron chi connectivity index (χ0n) is 15.6. The summed E-state index contributed by atoms with van der Waals surface area (Å²) in [5.74, 6) is 1.49. The number of carbonyl (C=O) groups is 1. The molecule has 4 aromatic rings. The number of aromatic amines is 1. The lowest BCUT2D eigenvalue weighted by molar-refractivity contribution is 0.102. The number of aromatic nitrogens is 4. The molecule has 0 fully saturated rings. The van der Waals surface area contributed by atoms with Crippen LogP contribution in [-0.2, 0) is 0 Å². The van der Waals surface area contributed by atoms with Crippen molar-refractivity contribution in [1.29, 1.82) is 0 Å². The summed E-state index contributed by atoms with van der Waals surface area (Å²) in [5.41, 5.74) is 1.85. The van der Waals surface area contributed by atoms with Gasteiger partial charge in [-0.05, 0) is 42.5 Å². The number of hydrogen-bond acceptors (Lipinski definition) is 6. The van der Waals surface area contributed by atoms with Gasteiger partial charge < -0.3 is 9.47 Å². The van der Waals surface area contributed by atoms with Crippen LogP contribution in [0.15, 0.2) is 48.5 Å². The Morgan fingerprint density at radius 3 is 2.69 bits per heavy atom. The van der Waals surface area contributed by atoms with E-state index in [0.29, 0.717) is 39.1 Å². The van der Waals surface area contributed by atoms with Gasteiger partial charge in [-0.25, -0.2) is 4.98 Å². The Kier molecular flexibility index (Phi) is 5.01. The first-order valence-corrected chi connectivity index (χ1v) is 8.97. The largest absolute Gasteiger partial charge is 0.497 e. The van der Waals surface area contributed by atoms with Gasteiger partial charge in [0.25, 0.3) is 5.91 Å². The Bertz CT molecular complexity index is 1210. The first kappa shape index (κ1) is 18.7. The number of carbonyl (C=O) groups excluding carboxylic acids is 1. The Hall–Kier alpha value is -3.65. The fraction of sp³-hybridized carbons (Fsp3) is 0.100. The molecule has 2 aromatic heterocycles. The predicted octanol–water partition coefficient (Wildman–Crippen LogP) is 3.94. The summed E-state index contributed by atoms with van der Waals surface area (Å²) in [7, 11) is 3.13. The van der Waals surface area contributed by atoms with E-state index in [0.717, 1.165) is 5.39 Å². The third-order valence-corrected chi connectivity index (χ3v) is 4.50. The molecule has 0 unspecified atom stereocenters. The fourth-order valence-corrected chi connectivity index (χ4v) is 3.00. The van der Waals surface area contributed by atoms with Gasteiger partial charge in [-0.1, -0.05) is 11.6 Å². The van der Waals surface area contributed by atoms with Crippen LogP contribution < -0.4 is 14.8 Å². The molecule has 8 nitrogen and oxygen atoms in total. The van der Waals surface area contributed by atoms with Gasteiger partial charge in [0.1, 0.15) is 16.7 Å². The van der Waals surface area contributed by atoms with Crippen LogP contribution in [0.5, 0.6) is 11.5 Å². The van der Waals surface area contributed by atoms with Crippen molar-refractivity contribution in [2.24, 2.45) is 0 Å². The Labute approximate surface area is 170 Å². The van der Waals surface area contributed by atoms with E-state index >= 15 is 0 Å². The topological polar surface area (TPSA) is 102 Å². The van der Waals surface area contributed by atoms with Crippen molar-refractivity contribution in [2.75, 3.05) is 19.5 Å². The van der Waals surface area contributed by atoms with E-state index in [9.17, 15) is 4.79 Å². The molecule has 0 saturated heterocycles. The highest BCUT2D eigenvalue weighted by molar-refractivity contribution is 6.29. The molecule has 0 aliphatic rings. The molecule has 0 spiro atoms. The Balaban J connectivity index is 1.56. The second kappa shape index (κ2) is 7.76. The maximum absolute atomic E-state index is 12.6. The first-order chi connectivity index (χ1) is 14.1. The molecule has 0 bridgehead atoms. The number of H-pyrrole nitrogens is 1. The molecule has 0 aliphatic carbocycles. The second-order valence-corrected chi connectivity index (χ2v) is 6.46. The number of pyridine rings is 1. The van der Waals surface area contributed by atoms with E-state index in [1.807, 2.05) is 6.07 Å². The van der Waals surface area contributed by atoms with E-state index < -0.39 is 0 Å². The van der Waals surface area contributed by atoms with Gasteiger partial charge in [0.2, 0.25) is 5.95 Å². The van der Waals surface area contributed by atoms with Crippen LogP contribution >= 0.6 is 11.6 Å². The third kappa shape index (κ3) is 3.83. The minimum atomic E-state index is -0.339. The number of rotatable bonds is 5. The molecule has 1 amide bonds. The molecule has 2 heterocycles. The molecule has 0 aliphatic heterocycles. The quantitative estimate of drug-likeness (QED) is 0.484. The van der Waals surface area contributed by atoms with Crippen LogP contribution in [0, 0.1) is 0 Å². The predicted molar refractivity (Wildman–Crippen MR) is 110 cm³/mol. The van der Waals surface area contributed by atoms with Crippen molar-refractivity contribution < 1.29 is 14.3 Å². The monoisotopic (exact) mass is 409 g/mol. The molecule has 0 atom stereocenters. The van der Waals surface area contributed by atoms with Crippen LogP contribution in [-0.4, -0.2) is 40.3 Å². The number of fused-ring (bicyclic) bond motifs is 1. The normalized spacial score (nSPS) is 10.7. The zero-order chi connectivity index (χ0) is 20.4. The summed E-state index contributed by atoms with van der Waals surface area (Å²) >= 11 is 5.89. The van der Waals surface area contributed by atoms with E-state index in [1.54, 1.807) is 56.7 Å². The number of anilines is 1. The van der Waals surface area contributed by atoms with E-state index in [-0.39, 0.29) is 11.9 Å². The van der Waals surface area contributed by atoms with Gasteiger partial charge in [-0.15, -0.1) is 5.10 Å². The minimum absolute atomic E-state index is 0.150. The van der Waals surface area contributed by atoms with E-state index in [1.165, 1.54) is 0 Å². The summed E-state index contributed by atoms with van der Waals surface area (Å²) in [5, 5.41) is 10.8. The number of nitrogens with one attached hydrogen (secondary N) is 2. The molecule has 29 heavy (non-hydrogen) atoms. The van der Waals surface area contributed by atoms with Crippen LogP contribution in [0.2, 0.25) is 5.15 Å². The Morgan fingerprint density at radius 1 is 1.03 bits per heavy atom. The molecule has 4 rings (SSSR count). The molecule has 2 N–H and O–H groups in total. The van der Waals surface area contributed by atoms with Gasteiger partial charge in [0.05, 0.1) is 25.3 Å². The van der Waals surface area contributed by atoms with E-state index in [2.05, 4.69) is 25.5 Å². The summed E-state index contributed by atoms with van der Waals surface area (Å²) < 4.78 is 10.6. The van der Waals surface area contributed by atoms with Crippen molar-refractivity contribution in [1.82, 2.24) is 20.2 Å². The van der Waals surface area contributed by atoms with Gasteiger partial charge in [-0.3, -0.25) is 15.2 Å². The Morgan fingerprint density at radius 2 is 1.90 bits per heavy atom. The second-order valence-electron chi connectivity index (χ2n) is 6.07. The maximum atomic E-state index is 12.6. The summed E-state index contributed by atoms with van der Waals surface area (Å²) in [6, 6.07) is 13.9. The SMILES string of the molecule is COc1ccc(-c2nc(NC(=O)c3ccc4nc(Cl)ccc4c3)n[nH]2)c(OC)c1. The minimum Gasteiger partial charge on any atom is -0.497 e. The molecular formula is C20H16ClN5O3. The van der Waals surface area contributed by atoms with Gasteiger partial charge in [-0.2, -0.15) is 4.98 Å². The smallest absolute Gasteiger partial charge is 0.258 e. The fourth-order valence-electron chi connectivity index (χ4n) is 2.85. The lowest BCUT2D eigenvalue weighted by Crippen LogP contribution is -2.13. The number of ether oxygens (including phenoxy) is 2.